The maximum Gasteiger partial charge on any atom is 0.303 e. The number of amides is 15. The van der Waals surface area contributed by atoms with Gasteiger partial charge in [-0.1, -0.05) is 158 Å². The zero-order chi connectivity index (χ0) is 106. The second-order valence-corrected chi connectivity index (χ2v) is 36.9. The molecule has 0 unspecified atom stereocenters. The Balaban J connectivity index is 0.936. The highest BCUT2D eigenvalue weighted by molar-refractivity contribution is 6.01. The van der Waals surface area contributed by atoms with Crippen LogP contribution in [0, 0.1) is 11.3 Å². The lowest BCUT2D eigenvalue weighted by atomic mass is 9.93. The third-order valence-corrected chi connectivity index (χ3v) is 25.2. The fourth-order valence-corrected chi connectivity index (χ4v) is 17.1. The molecular formula is C98H149N25O23. The van der Waals surface area contributed by atoms with Gasteiger partial charge in [0.05, 0.1) is 39.1 Å². The van der Waals surface area contributed by atoms with Crippen molar-refractivity contribution in [2.45, 2.75) is 317 Å². The molecule has 2 aromatic carbocycles. The highest BCUT2D eigenvalue weighted by atomic mass is 16.5. The van der Waals surface area contributed by atoms with Crippen LogP contribution in [0.25, 0.3) is 10.9 Å². The van der Waals surface area contributed by atoms with E-state index in [0.29, 0.717) is 43.2 Å². The number of ketones is 2. The SMILES string of the molecule is CCCC[C@H](NC(=O)[C@H](CN)NC(=O)[C@H](CC1=CCC=N1)NC(=O)[C@@H](CCC(N)=O)NC(=O)[C@H](CO)NC(=O)CNC(=O)COCCOCCNC(=O)[C@@H](CCC(=O)O)CC(=O)CCCCCCCCCCCCCCCc1nnn[nH]1)C(=O)N[C@H]1CCC(=O)CCCCC[C@@H](C(N)=O)NC(=O)[C@H](Cc2c[nH]c3ccccc23)NC(=O)[C@H](CCCNC(=N)N)NC(=O)[C@@H](Cc2ccccc2)NC(=O)[C@@H]2C[C@@H](O)CN2C1=O. The Labute approximate surface area is 847 Å². The molecule has 7 rings (SSSR count). The largest absolute Gasteiger partial charge is 0.481 e. The molecular weight excluding hydrogens is 1900 g/mol. The number of H-pyrrole nitrogens is 2. The van der Waals surface area contributed by atoms with Crippen LogP contribution >= 0.6 is 0 Å². The van der Waals surface area contributed by atoms with E-state index in [9.17, 15) is 87.2 Å². The Hall–Kier alpha value is -13.6. The quantitative estimate of drug-likeness (QED) is 0.0142. The summed E-state index contributed by atoms with van der Waals surface area (Å²) in [5, 5.41) is 86.9. The van der Waals surface area contributed by atoms with E-state index < -0.39 is 237 Å². The minimum Gasteiger partial charge on any atom is -0.481 e. The number of carbonyl (C=O) groups is 18. The summed E-state index contributed by atoms with van der Waals surface area (Å²) >= 11 is 0. The number of nitrogens with zero attached hydrogens (tertiary/aromatic N) is 5. The molecule has 2 fully saturated rings. The summed E-state index contributed by atoms with van der Waals surface area (Å²) in [6, 6.07) is -1.70. The number of aliphatic hydroxyl groups is 2. The molecule has 2 aromatic heterocycles. The first-order chi connectivity index (χ1) is 70.2. The first-order valence-corrected chi connectivity index (χ1v) is 50.7. The number of hydrogen-bond acceptors (Lipinski definition) is 28. The fourth-order valence-electron chi connectivity index (χ4n) is 17.1. The first-order valence-electron chi connectivity index (χ1n) is 50.7. The average molecular weight is 2050 g/mol. The van der Waals surface area contributed by atoms with Crippen LogP contribution in [-0.2, 0) is 115 Å². The highest BCUT2D eigenvalue weighted by Gasteiger charge is 2.45. The molecule has 3 aliphatic heterocycles. The van der Waals surface area contributed by atoms with Gasteiger partial charge in [0.25, 0.3) is 0 Å². The van der Waals surface area contributed by atoms with Crippen molar-refractivity contribution >= 4 is 129 Å². The molecule has 0 spiro atoms. The standard InChI is InChI=1S/C98H149N25O23/c1-2-3-33-71(88(135)114-74-40-39-65(125)30-20-16-21-35-70(86(101)133)110-92(139)76(52-63-56-107-69-34-24-23-32-68(63)69)115-89(136)72(36-26-45-106-98(102)103)111-91(138)75(50-61-27-17-15-18-28-61)117-96(143)80-54-67(127)58-123(80)97(74)144)112-94(141)78(55-99)118-93(140)77(53-64-29-25-44-104-64)116-90(137)73(41-42-81(100)128)113-95(142)79(59-124)109-83(129)57-108-84(130)60-146-49-48-145-47-46-105-87(134)62(38-43-85(131)132)51-66(126)31-19-13-11-9-7-5-4-6-8-10-12-14-22-37-82-119-121-122-120-82/h15,17-18,23-24,27-29,32,34,44,56,62,67,70-80,107,124,127H,2-14,16,19-22,25-26,30-31,33,35-43,45-55,57-60,99H2,1H3,(H2,100,128)(H2,101,133)(H,105,134)(H,108,130)(H,109,129)(H,110,139)(H,111,138)(H,112,141)(H,113,142)(H,114,135)(H,115,136)(H,116,137)(H,117,143)(H,118,140)(H,131,132)(H4,102,103,106)(H,119,120,121,122)/t62-,67+,70-,71-,72-,73+,74-,75+,76-,77-,78-,79-,80-/m0/s1. The van der Waals surface area contributed by atoms with Gasteiger partial charge in [-0.3, -0.25) is 96.7 Å². The monoisotopic (exact) mass is 2040 g/mol. The predicted molar refractivity (Wildman–Crippen MR) is 533 cm³/mol. The lowest BCUT2D eigenvalue weighted by Crippen LogP contribution is -2.61. The number of para-hydroxylation sites is 1. The molecule has 0 aliphatic carbocycles. The van der Waals surface area contributed by atoms with Crippen LogP contribution < -0.4 is 92.1 Å². The Bertz CT molecular complexity index is 4980. The predicted octanol–water partition coefficient (Wildman–Crippen LogP) is -1.10. The van der Waals surface area contributed by atoms with Crippen molar-refractivity contribution in [3.8, 4) is 0 Å². The number of aliphatic imine (C=N–C) groups is 1. The van der Waals surface area contributed by atoms with Crippen molar-refractivity contribution in [1.82, 2.24) is 99.6 Å². The van der Waals surface area contributed by atoms with E-state index >= 15 is 14.4 Å². The van der Waals surface area contributed by atoms with Crippen LogP contribution in [0.15, 0.2) is 77.6 Å². The molecule has 0 radical (unpaired) electrons. The topological polar surface area (TPSA) is 757 Å². The summed E-state index contributed by atoms with van der Waals surface area (Å²) in [6.45, 7) is -1.86. The number of aromatic nitrogens is 5. The van der Waals surface area contributed by atoms with Gasteiger partial charge in [0.1, 0.15) is 90.5 Å². The van der Waals surface area contributed by atoms with Gasteiger partial charge in [-0.25, -0.2) is 5.10 Å². The van der Waals surface area contributed by atoms with Gasteiger partial charge in [-0.2, -0.15) is 0 Å². The number of hydrogen-bond donors (Lipinski definition) is 23. The van der Waals surface area contributed by atoms with Crippen molar-refractivity contribution in [1.29, 1.82) is 5.41 Å². The second-order valence-electron chi connectivity index (χ2n) is 36.9. The number of aryl methyl sites for hydroxylation is 1. The fraction of sp³-hybridized carbons (Fsp3) is 0.622. The average Bonchev–Trinajstić information content (AvgIpc) is 1.66. The molecule has 146 heavy (non-hydrogen) atoms. The highest BCUT2D eigenvalue weighted by Crippen LogP contribution is 2.26. The van der Waals surface area contributed by atoms with Gasteiger partial charge in [0, 0.05) is 138 Å². The molecule has 3 aliphatic rings. The lowest BCUT2D eigenvalue weighted by molar-refractivity contribution is -0.143. The number of carboxylic acid groups (broad SMARTS) is 1. The molecule has 0 bridgehead atoms. The molecule has 48 nitrogen and oxygen atoms in total. The number of fused-ring (bicyclic) bond motifs is 2. The number of guanidine groups is 1. The van der Waals surface area contributed by atoms with Crippen molar-refractivity contribution in [2.24, 2.45) is 33.8 Å². The Kier molecular flexibility index (Phi) is 54.3. The van der Waals surface area contributed by atoms with Gasteiger partial charge in [0.2, 0.25) is 88.6 Å². The number of allylic oxidation sites excluding steroid dienone is 1. The normalized spacial score (nSPS) is 18.9. The maximum atomic E-state index is 15.4. The molecule has 13 atom stereocenters. The summed E-state index contributed by atoms with van der Waals surface area (Å²) < 4.78 is 10.9. The summed E-state index contributed by atoms with van der Waals surface area (Å²) in [4.78, 5) is 259. The Morgan fingerprint density at radius 2 is 1.23 bits per heavy atom. The Morgan fingerprint density at radius 1 is 0.596 bits per heavy atom. The number of unbranched alkanes of at least 4 members (excludes halogenated alkanes) is 13. The van der Waals surface area contributed by atoms with E-state index in [4.69, 9.17) is 37.8 Å². The molecule has 2 saturated heterocycles. The lowest BCUT2D eigenvalue weighted by Gasteiger charge is -2.31. The zero-order valence-electron chi connectivity index (χ0n) is 83.2. The van der Waals surface area contributed by atoms with E-state index in [1.165, 1.54) is 44.7 Å². The van der Waals surface area contributed by atoms with Crippen LogP contribution in [0.5, 0.6) is 0 Å². The molecule has 804 valence electrons. The van der Waals surface area contributed by atoms with Crippen LogP contribution in [-0.4, -0.2) is 302 Å². The third-order valence-electron chi connectivity index (χ3n) is 25.2. The van der Waals surface area contributed by atoms with E-state index in [1.807, 2.05) is 12.1 Å². The summed E-state index contributed by atoms with van der Waals surface area (Å²) in [5.41, 5.74) is 25.3. The Morgan fingerprint density at radius 3 is 1.89 bits per heavy atom. The number of Topliss-reactive ketones (excluding diaryl/α,β-unsaturated/α-hetero) is 2. The third kappa shape index (κ3) is 44.9. The van der Waals surface area contributed by atoms with Crippen molar-refractivity contribution in [3.05, 3.63) is 89.5 Å². The maximum absolute atomic E-state index is 15.4. The number of aromatic amines is 2. The van der Waals surface area contributed by atoms with Gasteiger partial charge in [-0.05, 0) is 91.8 Å². The number of ether oxygens (including phenoxy) is 2. The van der Waals surface area contributed by atoms with E-state index in [1.54, 1.807) is 61.7 Å². The smallest absolute Gasteiger partial charge is 0.303 e. The number of aliphatic carboxylic acids is 1. The minimum absolute atomic E-state index is 0.00200. The number of primary amides is 2. The number of tetrazole rings is 1. The van der Waals surface area contributed by atoms with Crippen LogP contribution in [0.2, 0.25) is 0 Å². The summed E-state index contributed by atoms with van der Waals surface area (Å²) in [7, 11) is 0. The zero-order valence-corrected chi connectivity index (χ0v) is 83.2. The minimum atomic E-state index is -1.79. The number of carbonyl (C=O) groups excluding carboxylic acids is 17. The molecule has 48 heteroatoms. The number of nitrogens with one attached hydrogen (secondary N) is 16. The molecule has 5 heterocycles. The van der Waals surface area contributed by atoms with Crippen LogP contribution in [0.1, 0.15) is 242 Å². The van der Waals surface area contributed by atoms with E-state index in [-0.39, 0.29) is 147 Å². The number of benzene rings is 2. The van der Waals surface area contributed by atoms with Gasteiger partial charge in [-0.15, -0.1) is 5.10 Å². The van der Waals surface area contributed by atoms with E-state index in [0.717, 1.165) is 66.6 Å². The van der Waals surface area contributed by atoms with E-state index in [2.05, 4.69) is 99.7 Å². The number of carboxylic acids is 1. The second kappa shape index (κ2) is 66.4. The van der Waals surface area contributed by atoms with Crippen molar-refractivity contribution in [2.75, 3.05) is 65.8 Å². The number of rotatable bonds is 62. The van der Waals surface area contributed by atoms with Crippen molar-refractivity contribution in [3.63, 3.8) is 0 Å². The van der Waals surface area contributed by atoms with Crippen LogP contribution in [0.4, 0.5) is 0 Å². The molecule has 27 N–H and O–H groups in total. The molecule has 4 aromatic rings. The number of nitrogens with two attached hydrogens (primary N) is 4. The summed E-state index contributed by atoms with van der Waals surface area (Å²) in [5.74, 6) is -16.1. The first kappa shape index (κ1) is 119. The van der Waals surface area contributed by atoms with Crippen molar-refractivity contribution < 1.29 is 111 Å². The van der Waals surface area contributed by atoms with Gasteiger partial charge >= 0.3 is 5.97 Å². The molecule has 15 amide bonds. The van der Waals surface area contributed by atoms with Gasteiger partial charge in [0.15, 0.2) is 5.96 Å². The number of aliphatic hydroxyl groups excluding tert-OH is 2. The van der Waals surface area contributed by atoms with Gasteiger partial charge < -0.3 is 127 Å². The molecule has 0 saturated carbocycles. The van der Waals surface area contributed by atoms with Crippen LogP contribution in [0.3, 0.4) is 0 Å². The summed E-state index contributed by atoms with van der Waals surface area (Å²) in [6.07, 6.45) is 17.0.